The highest BCUT2D eigenvalue weighted by Crippen LogP contribution is 2.20. The molecular formula is C17H16ClN3O2. The molecule has 23 heavy (non-hydrogen) atoms. The van der Waals surface area contributed by atoms with E-state index in [1.807, 2.05) is 13.0 Å². The van der Waals surface area contributed by atoms with E-state index in [-0.39, 0.29) is 17.5 Å². The molecule has 0 unspecified atom stereocenters. The zero-order valence-corrected chi connectivity index (χ0v) is 13.4. The van der Waals surface area contributed by atoms with Crippen LogP contribution in [0.2, 0.25) is 5.02 Å². The quantitative estimate of drug-likeness (QED) is 0.827. The standard InChI is InChI=1S/C17H16ClN3O2/c1-3-7-20-17(23)15-9-12(6-8-19-15)16(22)21-13-5-4-11(2)14(18)10-13/h3-6,8-10H,1,7H2,2H3,(H,20,23)(H,21,22). The Morgan fingerprint density at radius 1 is 1.26 bits per heavy atom. The van der Waals surface area contributed by atoms with Crippen LogP contribution in [0.5, 0.6) is 0 Å². The molecule has 2 rings (SSSR count). The fraction of sp³-hybridized carbons (Fsp3) is 0.118. The van der Waals surface area contributed by atoms with Crippen LogP contribution in [0, 0.1) is 6.92 Å². The van der Waals surface area contributed by atoms with Crippen LogP contribution in [0.4, 0.5) is 5.69 Å². The SMILES string of the molecule is C=CCNC(=O)c1cc(C(=O)Nc2ccc(C)c(Cl)c2)ccn1. The topological polar surface area (TPSA) is 71.1 Å². The number of pyridine rings is 1. The Morgan fingerprint density at radius 2 is 2.04 bits per heavy atom. The number of benzene rings is 1. The summed E-state index contributed by atoms with van der Waals surface area (Å²) in [6.45, 7) is 5.73. The number of halogens is 1. The van der Waals surface area contributed by atoms with Crippen molar-refractivity contribution in [1.29, 1.82) is 0 Å². The first-order chi connectivity index (χ1) is 11.0. The molecule has 5 nitrogen and oxygen atoms in total. The predicted molar refractivity (Wildman–Crippen MR) is 90.9 cm³/mol. The number of rotatable bonds is 5. The van der Waals surface area contributed by atoms with Gasteiger partial charge in [-0.15, -0.1) is 6.58 Å². The normalized spacial score (nSPS) is 10.0. The third-order valence-corrected chi connectivity index (χ3v) is 3.50. The lowest BCUT2D eigenvalue weighted by molar-refractivity contribution is 0.0953. The molecule has 0 radical (unpaired) electrons. The number of nitrogens with zero attached hydrogens (tertiary/aromatic N) is 1. The number of nitrogens with one attached hydrogen (secondary N) is 2. The highest BCUT2D eigenvalue weighted by Gasteiger charge is 2.12. The largest absolute Gasteiger partial charge is 0.347 e. The molecule has 1 aromatic heterocycles. The molecule has 0 spiro atoms. The van der Waals surface area contributed by atoms with E-state index in [2.05, 4.69) is 22.2 Å². The van der Waals surface area contributed by atoms with Gasteiger partial charge in [0, 0.05) is 29.0 Å². The van der Waals surface area contributed by atoms with Crippen LogP contribution >= 0.6 is 11.6 Å². The third kappa shape index (κ3) is 4.40. The number of aromatic nitrogens is 1. The van der Waals surface area contributed by atoms with E-state index in [1.54, 1.807) is 18.2 Å². The molecule has 0 aliphatic rings. The minimum atomic E-state index is -0.363. The van der Waals surface area contributed by atoms with E-state index in [1.165, 1.54) is 18.3 Å². The lowest BCUT2D eigenvalue weighted by atomic mass is 10.2. The van der Waals surface area contributed by atoms with Gasteiger partial charge in [-0.1, -0.05) is 23.7 Å². The number of amides is 2. The third-order valence-electron chi connectivity index (χ3n) is 3.09. The van der Waals surface area contributed by atoms with E-state index >= 15 is 0 Å². The lowest BCUT2D eigenvalue weighted by Gasteiger charge is -2.08. The summed E-state index contributed by atoms with van der Waals surface area (Å²) in [5, 5.41) is 5.92. The Kier molecular flexibility index (Phi) is 5.49. The van der Waals surface area contributed by atoms with Gasteiger partial charge < -0.3 is 10.6 Å². The van der Waals surface area contributed by atoms with Crippen molar-refractivity contribution >= 4 is 29.1 Å². The van der Waals surface area contributed by atoms with Gasteiger partial charge in [0.1, 0.15) is 5.69 Å². The molecule has 118 valence electrons. The van der Waals surface area contributed by atoms with Crippen LogP contribution < -0.4 is 10.6 Å². The van der Waals surface area contributed by atoms with Crippen molar-refractivity contribution in [2.24, 2.45) is 0 Å². The van der Waals surface area contributed by atoms with Crippen LogP contribution in [-0.4, -0.2) is 23.3 Å². The maximum Gasteiger partial charge on any atom is 0.270 e. The highest BCUT2D eigenvalue weighted by atomic mass is 35.5. The summed E-state index contributed by atoms with van der Waals surface area (Å²) in [4.78, 5) is 28.1. The molecule has 0 bridgehead atoms. The highest BCUT2D eigenvalue weighted by molar-refractivity contribution is 6.31. The monoisotopic (exact) mass is 329 g/mol. The van der Waals surface area contributed by atoms with Crippen LogP contribution in [0.15, 0.2) is 49.2 Å². The number of carbonyl (C=O) groups is 2. The van der Waals surface area contributed by atoms with Crippen LogP contribution in [-0.2, 0) is 0 Å². The van der Waals surface area contributed by atoms with Gasteiger partial charge in [0.2, 0.25) is 0 Å². The number of anilines is 1. The minimum absolute atomic E-state index is 0.168. The molecule has 6 heteroatoms. The smallest absolute Gasteiger partial charge is 0.270 e. The number of aryl methyl sites for hydroxylation is 1. The van der Waals surface area contributed by atoms with Crippen molar-refractivity contribution in [3.05, 3.63) is 71.0 Å². The zero-order valence-electron chi connectivity index (χ0n) is 12.6. The Bertz CT molecular complexity index is 759. The summed E-state index contributed by atoms with van der Waals surface area (Å²) in [6.07, 6.45) is 2.98. The number of hydrogen-bond acceptors (Lipinski definition) is 3. The molecule has 0 saturated carbocycles. The first-order valence-corrected chi connectivity index (χ1v) is 7.31. The van der Waals surface area contributed by atoms with Crippen molar-refractivity contribution in [3.63, 3.8) is 0 Å². The Labute approximate surface area is 139 Å². The molecule has 1 heterocycles. The fourth-order valence-electron chi connectivity index (χ4n) is 1.83. The average molecular weight is 330 g/mol. The molecule has 1 aromatic carbocycles. The summed E-state index contributed by atoms with van der Waals surface area (Å²) < 4.78 is 0. The summed E-state index contributed by atoms with van der Waals surface area (Å²) in [6, 6.07) is 8.23. The second-order valence-corrected chi connectivity index (χ2v) is 5.25. The van der Waals surface area contributed by atoms with Crippen LogP contribution in [0.25, 0.3) is 0 Å². The van der Waals surface area contributed by atoms with Crippen molar-refractivity contribution < 1.29 is 9.59 Å². The summed E-state index contributed by atoms with van der Waals surface area (Å²) in [5.41, 5.74) is 2.01. The molecule has 0 aliphatic carbocycles. The first-order valence-electron chi connectivity index (χ1n) is 6.94. The van der Waals surface area contributed by atoms with Gasteiger partial charge in [0.15, 0.2) is 0 Å². The van der Waals surface area contributed by atoms with Gasteiger partial charge in [0.05, 0.1) is 0 Å². The van der Waals surface area contributed by atoms with Crippen molar-refractivity contribution in [2.45, 2.75) is 6.92 Å². The molecule has 0 fully saturated rings. The number of carbonyl (C=O) groups excluding carboxylic acids is 2. The van der Waals surface area contributed by atoms with Gasteiger partial charge >= 0.3 is 0 Å². The lowest BCUT2D eigenvalue weighted by Crippen LogP contribution is -2.24. The molecule has 2 aromatic rings. The fourth-order valence-corrected chi connectivity index (χ4v) is 2.01. The number of hydrogen-bond donors (Lipinski definition) is 2. The van der Waals surface area contributed by atoms with Crippen LogP contribution in [0.3, 0.4) is 0 Å². The maximum atomic E-state index is 12.3. The van der Waals surface area contributed by atoms with Crippen molar-refractivity contribution in [3.8, 4) is 0 Å². The second-order valence-electron chi connectivity index (χ2n) is 4.85. The van der Waals surface area contributed by atoms with Gasteiger partial charge in [-0.3, -0.25) is 14.6 Å². The summed E-state index contributed by atoms with van der Waals surface area (Å²) >= 11 is 6.04. The minimum Gasteiger partial charge on any atom is -0.347 e. The zero-order chi connectivity index (χ0) is 16.8. The molecule has 2 N–H and O–H groups in total. The van der Waals surface area contributed by atoms with E-state index in [0.29, 0.717) is 22.8 Å². The van der Waals surface area contributed by atoms with Crippen molar-refractivity contribution in [2.75, 3.05) is 11.9 Å². The Hall–Kier alpha value is -2.66. The molecular weight excluding hydrogens is 314 g/mol. The van der Waals surface area contributed by atoms with Gasteiger partial charge in [0.25, 0.3) is 11.8 Å². The molecule has 0 aliphatic heterocycles. The average Bonchev–Trinajstić information content (AvgIpc) is 2.56. The van der Waals surface area contributed by atoms with E-state index < -0.39 is 0 Å². The van der Waals surface area contributed by atoms with Gasteiger partial charge in [-0.2, -0.15) is 0 Å². The van der Waals surface area contributed by atoms with E-state index in [0.717, 1.165) is 5.56 Å². The second kappa shape index (κ2) is 7.56. The van der Waals surface area contributed by atoms with E-state index in [9.17, 15) is 9.59 Å². The first kappa shape index (κ1) is 16.7. The molecule has 0 atom stereocenters. The van der Waals surface area contributed by atoms with Gasteiger partial charge in [-0.25, -0.2) is 0 Å². The predicted octanol–water partition coefficient (Wildman–Crippen LogP) is 3.21. The summed E-state index contributed by atoms with van der Waals surface area (Å²) in [7, 11) is 0. The molecule has 0 saturated heterocycles. The van der Waals surface area contributed by atoms with Crippen LogP contribution in [0.1, 0.15) is 26.4 Å². The maximum absolute atomic E-state index is 12.3. The Balaban J connectivity index is 2.14. The van der Waals surface area contributed by atoms with Gasteiger partial charge in [-0.05, 0) is 36.8 Å². The van der Waals surface area contributed by atoms with Crippen molar-refractivity contribution in [1.82, 2.24) is 10.3 Å². The molecule has 2 amide bonds. The Morgan fingerprint density at radius 3 is 2.74 bits per heavy atom. The van der Waals surface area contributed by atoms with E-state index in [4.69, 9.17) is 11.6 Å². The summed E-state index contributed by atoms with van der Waals surface area (Å²) in [5.74, 6) is -0.706.